The molecule has 0 aromatic carbocycles. The zero-order chi connectivity index (χ0) is 15.0. The number of carbonyl (C=O) groups is 2. The number of pyridine rings is 1. The molecule has 1 aromatic heterocycles. The highest BCUT2D eigenvalue weighted by atomic mass is 16.4. The quantitative estimate of drug-likeness (QED) is 0.676. The van der Waals surface area contributed by atoms with Crippen LogP contribution in [0.3, 0.4) is 0 Å². The van der Waals surface area contributed by atoms with E-state index in [2.05, 4.69) is 15.6 Å². The van der Waals surface area contributed by atoms with Crippen LogP contribution in [0.25, 0.3) is 0 Å². The molecule has 0 saturated carbocycles. The summed E-state index contributed by atoms with van der Waals surface area (Å²) in [5, 5.41) is 14.7. The second-order valence-corrected chi connectivity index (χ2v) is 4.52. The Morgan fingerprint density at radius 2 is 2.15 bits per heavy atom. The lowest BCUT2D eigenvalue weighted by Crippen LogP contribution is -2.25. The predicted octanol–water partition coefficient (Wildman–Crippen LogP) is 1.89. The molecule has 1 aromatic rings. The number of hydrogen-bond donors (Lipinski definition) is 3. The lowest BCUT2D eigenvalue weighted by molar-refractivity contribution is -0.137. The molecule has 1 amide bonds. The van der Waals surface area contributed by atoms with Crippen LogP contribution < -0.4 is 10.6 Å². The Hall–Kier alpha value is -2.11. The molecule has 6 heteroatoms. The number of nitrogens with zero attached hydrogens (tertiary/aromatic N) is 1. The van der Waals surface area contributed by atoms with Crippen molar-refractivity contribution >= 4 is 17.6 Å². The number of carboxylic acid groups (broad SMARTS) is 1. The minimum atomic E-state index is -0.839. The van der Waals surface area contributed by atoms with Crippen molar-refractivity contribution in [1.29, 1.82) is 0 Å². The number of hydrogen-bond acceptors (Lipinski definition) is 4. The van der Waals surface area contributed by atoms with Crippen LogP contribution in [0.15, 0.2) is 18.3 Å². The summed E-state index contributed by atoms with van der Waals surface area (Å²) < 4.78 is 0. The van der Waals surface area contributed by atoms with Crippen LogP contribution in [0.4, 0.5) is 5.69 Å². The van der Waals surface area contributed by atoms with Crippen LogP contribution in [0.2, 0.25) is 0 Å². The van der Waals surface area contributed by atoms with Gasteiger partial charge in [0.1, 0.15) is 5.69 Å². The Kier molecular flexibility index (Phi) is 6.49. The van der Waals surface area contributed by atoms with Gasteiger partial charge in [0.05, 0.1) is 6.42 Å². The molecule has 1 unspecified atom stereocenters. The molecule has 0 aliphatic rings. The van der Waals surface area contributed by atoms with E-state index >= 15 is 0 Å². The molecule has 1 atom stereocenters. The number of aromatic nitrogens is 1. The number of aliphatic carboxylic acids is 1. The first-order chi connectivity index (χ1) is 9.56. The molecule has 1 rings (SSSR count). The van der Waals surface area contributed by atoms with Gasteiger partial charge in [-0.15, -0.1) is 0 Å². The lowest BCUT2D eigenvalue weighted by atomic mass is 10.1. The number of carbonyl (C=O) groups excluding carboxylic acids is 1. The Labute approximate surface area is 118 Å². The van der Waals surface area contributed by atoms with E-state index in [-0.39, 0.29) is 18.4 Å². The highest BCUT2D eigenvalue weighted by molar-refractivity contribution is 5.93. The summed E-state index contributed by atoms with van der Waals surface area (Å²) in [6.45, 7) is 4.38. The van der Waals surface area contributed by atoms with Crippen molar-refractivity contribution in [3.63, 3.8) is 0 Å². The summed E-state index contributed by atoms with van der Waals surface area (Å²) in [6.07, 6.45) is 3.23. The fraction of sp³-hybridized carbons (Fsp3) is 0.500. The van der Waals surface area contributed by atoms with Gasteiger partial charge in [-0.1, -0.05) is 13.3 Å². The first-order valence-corrected chi connectivity index (χ1v) is 6.79. The van der Waals surface area contributed by atoms with Gasteiger partial charge in [-0.05, 0) is 25.5 Å². The zero-order valence-corrected chi connectivity index (χ0v) is 11.8. The Bertz CT molecular complexity index is 463. The SMILES string of the molecule is CCCC(CC(=O)O)Nc1ccnc(C(=O)NCC)c1. The van der Waals surface area contributed by atoms with Gasteiger partial charge in [-0.3, -0.25) is 14.6 Å². The monoisotopic (exact) mass is 279 g/mol. The number of nitrogens with one attached hydrogen (secondary N) is 2. The molecule has 0 saturated heterocycles. The summed E-state index contributed by atoms with van der Waals surface area (Å²) in [5.74, 6) is -1.07. The lowest BCUT2D eigenvalue weighted by Gasteiger charge is -2.17. The summed E-state index contributed by atoms with van der Waals surface area (Å²) in [7, 11) is 0. The van der Waals surface area contributed by atoms with Crippen LogP contribution in [-0.2, 0) is 4.79 Å². The number of amides is 1. The van der Waals surface area contributed by atoms with Crippen molar-refractivity contribution in [2.24, 2.45) is 0 Å². The molecule has 0 radical (unpaired) electrons. The third-order valence-corrected chi connectivity index (χ3v) is 2.76. The van der Waals surface area contributed by atoms with Crippen molar-refractivity contribution in [3.8, 4) is 0 Å². The highest BCUT2D eigenvalue weighted by Crippen LogP contribution is 2.14. The second kappa shape index (κ2) is 8.14. The number of carboxylic acids is 1. The van der Waals surface area contributed by atoms with E-state index in [4.69, 9.17) is 5.11 Å². The van der Waals surface area contributed by atoms with Crippen molar-refractivity contribution in [3.05, 3.63) is 24.0 Å². The maximum Gasteiger partial charge on any atom is 0.305 e. The summed E-state index contributed by atoms with van der Waals surface area (Å²) in [6, 6.07) is 3.21. The maximum absolute atomic E-state index is 11.7. The Morgan fingerprint density at radius 1 is 1.40 bits per heavy atom. The van der Waals surface area contributed by atoms with Crippen molar-refractivity contribution < 1.29 is 14.7 Å². The van der Waals surface area contributed by atoms with E-state index in [0.717, 1.165) is 12.8 Å². The Morgan fingerprint density at radius 3 is 2.75 bits per heavy atom. The molecule has 0 aliphatic carbocycles. The van der Waals surface area contributed by atoms with E-state index < -0.39 is 5.97 Å². The van der Waals surface area contributed by atoms with Crippen molar-refractivity contribution in [2.45, 2.75) is 39.2 Å². The minimum absolute atomic E-state index is 0.0483. The topological polar surface area (TPSA) is 91.3 Å². The number of anilines is 1. The molecular weight excluding hydrogens is 258 g/mol. The van der Waals surface area contributed by atoms with Crippen molar-refractivity contribution in [2.75, 3.05) is 11.9 Å². The molecule has 0 bridgehead atoms. The largest absolute Gasteiger partial charge is 0.481 e. The molecule has 6 nitrogen and oxygen atoms in total. The van der Waals surface area contributed by atoms with E-state index in [1.54, 1.807) is 12.1 Å². The van der Waals surface area contributed by atoms with Gasteiger partial charge in [0.25, 0.3) is 5.91 Å². The number of rotatable bonds is 8. The summed E-state index contributed by atoms with van der Waals surface area (Å²) >= 11 is 0. The van der Waals surface area contributed by atoms with Crippen molar-refractivity contribution in [1.82, 2.24) is 10.3 Å². The third kappa shape index (κ3) is 5.26. The fourth-order valence-electron chi connectivity index (χ4n) is 1.92. The first-order valence-electron chi connectivity index (χ1n) is 6.79. The fourth-order valence-corrected chi connectivity index (χ4v) is 1.92. The van der Waals surface area contributed by atoms with Gasteiger partial charge >= 0.3 is 5.97 Å². The molecule has 1 heterocycles. The minimum Gasteiger partial charge on any atom is -0.481 e. The van der Waals surface area contributed by atoms with Crippen LogP contribution in [0.1, 0.15) is 43.6 Å². The average Bonchev–Trinajstić information content (AvgIpc) is 2.39. The molecule has 3 N–H and O–H groups in total. The van der Waals surface area contributed by atoms with E-state index in [1.165, 1.54) is 6.20 Å². The molecule has 0 aliphatic heterocycles. The standard InChI is InChI=1S/C14H21N3O3/c1-3-5-10(9-13(18)19)17-11-6-7-16-12(8-11)14(20)15-4-2/h6-8,10H,3-5,9H2,1-2H3,(H,15,20)(H,16,17)(H,18,19). The van der Waals surface area contributed by atoms with Crippen LogP contribution in [0, 0.1) is 0 Å². The molecule has 110 valence electrons. The van der Waals surface area contributed by atoms with E-state index in [9.17, 15) is 9.59 Å². The Balaban J connectivity index is 2.77. The highest BCUT2D eigenvalue weighted by Gasteiger charge is 2.13. The van der Waals surface area contributed by atoms with Crippen LogP contribution in [0.5, 0.6) is 0 Å². The van der Waals surface area contributed by atoms with Gasteiger partial charge in [-0.25, -0.2) is 0 Å². The molecule has 0 fully saturated rings. The predicted molar refractivity (Wildman–Crippen MR) is 76.8 cm³/mol. The smallest absolute Gasteiger partial charge is 0.305 e. The molecule has 20 heavy (non-hydrogen) atoms. The summed E-state index contributed by atoms with van der Waals surface area (Å²) in [4.78, 5) is 26.5. The van der Waals surface area contributed by atoms with Gasteiger partial charge in [0.15, 0.2) is 0 Å². The third-order valence-electron chi connectivity index (χ3n) is 2.76. The normalized spacial score (nSPS) is 11.7. The van der Waals surface area contributed by atoms with Crippen LogP contribution >= 0.6 is 0 Å². The van der Waals surface area contributed by atoms with Gasteiger partial charge in [-0.2, -0.15) is 0 Å². The van der Waals surface area contributed by atoms with E-state index in [0.29, 0.717) is 17.9 Å². The van der Waals surface area contributed by atoms with Crippen LogP contribution in [-0.4, -0.2) is 34.6 Å². The second-order valence-electron chi connectivity index (χ2n) is 4.52. The van der Waals surface area contributed by atoms with Gasteiger partial charge in [0, 0.05) is 24.5 Å². The zero-order valence-electron chi connectivity index (χ0n) is 11.8. The van der Waals surface area contributed by atoms with Gasteiger partial charge < -0.3 is 15.7 Å². The van der Waals surface area contributed by atoms with E-state index in [1.807, 2.05) is 13.8 Å². The maximum atomic E-state index is 11.7. The van der Waals surface area contributed by atoms with Gasteiger partial charge in [0.2, 0.25) is 0 Å². The summed E-state index contributed by atoms with van der Waals surface area (Å²) in [5.41, 5.74) is 1.03. The average molecular weight is 279 g/mol. The first kappa shape index (κ1) is 15.9. The molecular formula is C14H21N3O3. The molecule has 0 spiro atoms.